The maximum atomic E-state index is 12.6. The molecule has 5 heterocycles. The Labute approximate surface area is 187 Å². The number of piperidine rings is 3. The Balaban J connectivity index is 1.34. The molecule has 7 heteroatoms. The van der Waals surface area contributed by atoms with Gasteiger partial charge >= 0.3 is 0 Å². The minimum atomic E-state index is -0.498. The van der Waals surface area contributed by atoms with Crippen LogP contribution < -0.4 is 5.73 Å². The van der Waals surface area contributed by atoms with Crippen LogP contribution in [-0.2, 0) is 4.74 Å². The molecule has 1 aromatic heterocycles. The Kier molecular flexibility index (Phi) is 4.97. The number of carbonyl (C=O) groups is 1. The largest absolute Gasteiger partial charge is 0.436 e. The maximum Gasteiger partial charge on any atom is 0.251 e. The van der Waals surface area contributed by atoms with Gasteiger partial charge in [0.25, 0.3) is 5.91 Å². The number of rotatable bonds is 4. The molecule has 0 radical (unpaired) electrons. The molecule has 4 aliphatic rings. The number of carbonyl (C=O) groups excluding carboxylic acids is 1. The first-order valence-corrected chi connectivity index (χ1v) is 11.5. The lowest BCUT2D eigenvalue weighted by Crippen LogP contribution is -2.59. The molecule has 4 fully saturated rings. The number of aromatic nitrogens is 1. The molecule has 0 aliphatic carbocycles. The molecular formula is C25H28N4O3. The summed E-state index contributed by atoms with van der Waals surface area (Å²) in [6.07, 6.45) is 2.36. The zero-order valence-electron chi connectivity index (χ0n) is 18.1. The lowest BCUT2D eigenvalue weighted by atomic mass is 9.82. The second-order valence-electron chi connectivity index (χ2n) is 9.19. The van der Waals surface area contributed by atoms with Crippen molar-refractivity contribution in [1.82, 2.24) is 14.8 Å². The van der Waals surface area contributed by atoms with Crippen LogP contribution in [0.5, 0.6) is 0 Å². The second kappa shape index (κ2) is 7.99. The van der Waals surface area contributed by atoms with Crippen LogP contribution in [-0.4, -0.2) is 66.1 Å². The molecule has 2 N–H and O–H groups in total. The molecule has 4 aliphatic heterocycles. The molecule has 2 unspecified atom stereocenters. The zero-order valence-corrected chi connectivity index (χ0v) is 18.1. The number of fused-ring (bicyclic) bond motifs is 4. The first kappa shape index (κ1) is 19.9. The number of amides is 1. The predicted octanol–water partition coefficient (Wildman–Crippen LogP) is 3.06. The highest BCUT2D eigenvalue weighted by Gasteiger charge is 2.40. The highest BCUT2D eigenvalue weighted by molar-refractivity contribution is 6.05. The van der Waals surface area contributed by atoms with Gasteiger partial charge in [0.05, 0.1) is 18.3 Å². The van der Waals surface area contributed by atoms with Gasteiger partial charge in [0, 0.05) is 31.2 Å². The molecule has 0 spiro atoms. The van der Waals surface area contributed by atoms with Crippen molar-refractivity contribution in [3.05, 3.63) is 53.6 Å². The van der Waals surface area contributed by atoms with E-state index in [1.807, 2.05) is 42.5 Å². The van der Waals surface area contributed by atoms with Crippen LogP contribution in [0.4, 0.5) is 0 Å². The van der Waals surface area contributed by atoms with E-state index in [1.54, 1.807) is 0 Å². The first-order chi connectivity index (χ1) is 15.7. The number of benzene rings is 2. The van der Waals surface area contributed by atoms with Gasteiger partial charge in [0.1, 0.15) is 5.52 Å². The number of morpholine rings is 1. The third-order valence-electron chi connectivity index (χ3n) is 7.40. The van der Waals surface area contributed by atoms with E-state index in [1.165, 1.54) is 25.9 Å². The highest BCUT2D eigenvalue weighted by atomic mass is 16.5. The summed E-state index contributed by atoms with van der Waals surface area (Å²) >= 11 is 0. The molecule has 32 heavy (non-hydrogen) atoms. The molecule has 2 aromatic carbocycles. The number of oxazole rings is 1. The van der Waals surface area contributed by atoms with Crippen LogP contribution in [0.25, 0.3) is 22.6 Å². The van der Waals surface area contributed by atoms with Crippen molar-refractivity contribution in [2.75, 3.05) is 39.3 Å². The fourth-order valence-corrected chi connectivity index (χ4v) is 5.75. The monoisotopic (exact) mass is 432 g/mol. The summed E-state index contributed by atoms with van der Waals surface area (Å²) in [4.78, 5) is 22.4. The number of primary amides is 1. The van der Waals surface area contributed by atoms with Gasteiger partial charge in [-0.3, -0.25) is 9.69 Å². The lowest BCUT2D eigenvalue weighted by molar-refractivity contribution is -0.0798. The summed E-state index contributed by atoms with van der Waals surface area (Å²) in [6.45, 7) is 5.95. The Hall–Kier alpha value is -2.74. The van der Waals surface area contributed by atoms with Gasteiger partial charge in [-0.1, -0.05) is 24.3 Å². The van der Waals surface area contributed by atoms with E-state index in [4.69, 9.17) is 14.9 Å². The summed E-state index contributed by atoms with van der Waals surface area (Å²) in [5.41, 5.74) is 9.02. The van der Waals surface area contributed by atoms with Crippen LogP contribution in [0, 0.1) is 5.92 Å². The van der Waals surface area contributed by atoms with E-state index in [-0.39, 0.29) is 6.10 Å². The summed E-state index contributed by atoms with van der Waals surface area (Å²) in [7, 11) is 0. The second-order valence-corrected chi connectivity index (χ2v) is 9.19. The topological polar surface area (TPSA) is 84.8 Å². The fraction of sp³-hybridized carbons (Fsp3) is 0.440. The van der Waals surface area contributed by atoms with Gasteiger partial charge < -0.3 is 19.8 Å². The van der Waals surface area contributed by atoms with Gasteiger partial charge in [-0.25, -0.2) is 4.98 Å². The van der Waals surface area contributed by atoms with E-state index in [2.05, 4.69) is 14.8 Å². The Morgan fingerprint density at radius 2 is 1.84 bits per heavy atom. The van der Waals surface area contributed by atoms with E-state index in [0.717, 1.165) is 36.7 Å². The average molecular weight is 433 g/mol. The van der Waals surface area contributed by atoms with Gasteiger partial charge in [-0.15, -0.1) is 0 Å². The minimum absolute atomic E-state index is 0.206. The van der Waals surface area contributed by atoms with Crippen LogP contribution >= 0.6 is 0 Å². The van der Waals surface area contributed by atoms with Crippen LogP contribution in [0.1, 0.15) is 34.9 Å². The molecule has 4 saturated heterocycles. The van der Waals surface area contributed by atoms with Crippen molar-refractivity contribution in [3.63, 3.8) is 0 Å². The zero-order chi connectivity index (χ0) is 21.7. The van der Waals surface area contributed by atoms with Crippen molar-refractivity contribution < 1.29 is 13.9 Å². The predicted molar refractivity (Wildman–Crippen MR) is 121 cm³/mol. The highest BCUT2D eigenvalue weighted by Crippen LogP contribution is 2.36. The van der Waals surface area contributed by atoms with E-state index >= 15 is 0 Å². The van der Waals surface area contributed by atoms with Crippen molar-refractivity contribution >= 4 is 17.0 Å². The quantitative estimate of drug-likeness (QED) is 0.682. The molecule has 7 rings (SSSR count). The standard InChI is InChI=1S/C25H28N4O3/c26-24(30)22-18(6-7-20-23(22)27-25(32-20)17-4-2-1-3-5-17)21-15-29(12-13-31-21)19-14-28-10-8-16(19)9-11-28/h1-7,16,19,21H,8-15H2,(H2,26,30). The van der Waals surface area contributed by atoms with Crippen LogP contribution in [0.2, 0.25) is 0 Å². The van der Waals surface area contributed by atoms with Gasteiger partial charge in [0.15, 0.2) is 5.58 Å². The molecule has 2 atom stereocenters. The third-order valence-corrected chi connectivity index (χ3v) is 7.40. The molecule has 0 saturated carbocycles. The third kappa shape index (κ3) is 3.41. The van der Waals surface area contributed by atoms with Crippen molar-refractivity contribution in [3.8, 4) is 11.5 Å². The molecule has 3 aromatic rings. The number of hydrogen-bond acceptors (Lipinski definition) is 6. The lowest BCUT2D eigenvalue weighted by Gasteiger charge is -2.50. The SMILES string of the molecule is NC(=O)c1c(C2CN(C3CN4CCC3CC4)CCO2)ccc2oc(-c3ccccc3)nc12. The van der Waals surface area contributed by atoms with E-state index in [0.29, 0.717) is 35.2 Å². The van der Waals surface area contributed by atoms with E-state index < -0.39 is 5.91 Å². The Bertz CT molecular complexity index is 1140. The van der Waals surface area contributed by atoms with Crippen molar-refractivity contribution in [2.45, 2.75) is 25.0 Å². The van der Waals surface area contributed by atoms with Crippen LogP contribution in [0.3, 0.4) is 0 Å². The first-order valence-electron chi connectivity index (χ1n) is 11.5. The summed E-state index contributed by atoms with van der Waals surface area (Å²) < 4.78 is 12.1. The Morgan fingerprint density at radius 1 is 1.03 bits per heavy atom. The number of ether oxygens (including phenoxy) is 1. The minimum Gasteiger partial charge on any atom is -0.436 e. The Morgan fingerprint density at radius 3 is 2.56 bits per heavy atom. The van der Waals surface area contributed by atoms with Crippen molar-refractivity contribution in [1.29, 1.82) is 0 Å². The summed E-state index contributed by atoms with van der Waals surface area (Å²) in [5, 5.41) is 0. The molecule has 1 amide bonds. The smallest absolute Gasteiger partial charge is 0.251 e. The average Bonchev–Trinajstić information content (AvgIpc) is 3.29. The molecule has 2 bridgehead atoms. The number of nitrogens with two attached hydrogens (primary N) is 1. The van der Waals surface area contributed by atoms with Crippen molar-refractivity contribution in [2.24, 2.45) is 11.7 Å². The number of hydrogen-bond donors (Lipinski definition) is 1. The molecular weight excluding hydrogens is 404 g/mol. The fourth-order valence-electron chi connectivity index (χ4n) is 5.75. The maximum absolute atomic E-state index is 12.6. The van der Waals surface area contributed by atoms with Gasteiger partial charge in [-0.2, -0.15) is 0 Å². The summed E-state index contributed by atoms with van der Waals surface area (Å²) in [5.74, 6) is 0.751. The number of nitrogens with zero attached hydrogens (tertiary/aromatic N) is 3. The van der Waals surface area contributed by atoms with Gasteiger partial charge in [0.2, 0.25) is 5.89 Å². The van der Waals surface area contributed by atoms with Gasteiger partial charge in [-0.05, 0) is 55.6 Å². The molecule has 166 valence electrons. The normalized spacial score (nSPS) is 28.2. The van der Waals surface area contributed by atoms with E-state index in [9.17, 15) is 4.79 Å². The molecule has 7 nitrogen and oxygen atoms in total. The summed E-state index contributed by atoms with van der Waals surface area (Å²) in [6, 6.07) is 14.1. The van der Waals surface area contributed by atoms with Crippen LogP contribution in [0.15, 0.2) is 46.9 Å².